The van der Waals surface area contributed by atoms with Crippen LogP contribution in [0.15, 0.2) is 24.3 Å². The molecule has 2 N–H and O–H groups in total. The Bertz CT molecular complexity index is 632. The third-order valence-corrected chi connectivity index (χ3v) is 2.88. The Morgan fingerprint density at radius 1 is 1.17 bits per heavy atom. The highest BCUT2D eigenvalue weighted by molar-refractivity contribution is 6.42. The van der Waals surface area contributed by atoms with Crippen molar-refractivity contribution in [3.63, 3.8) is 0 Å². The molecule has 0 saturated heterocycles. The molecule has 1 heterocycles. The van der Waals surface area contributed by atoms with Crippen molar-refractivity contribution in [2.24, 2.45) is 0 Å². The van der Waals surface area contributed by atoms with Crippen LogP contribution >= 0.6 is 0 Å². The number of para-hydroxylation sites is 1. The Morgan fingerprint density at radius 3 is 2.33 bits per heavy atom. The SMILES string of the molecule is CC(C)(C)c1[nH]c2ccccc2c1C(=O)C(=O)O. The van der Waals surface area contributed by atoms with Crippen molar-refractivity contribution >= 4 is 22.7 Å². The fourth-order valence-electron chi connectivity index (χ4n) is 2.05. The molecule has 4 nitrogen and oxygen atoms in total. The zero-order valence-corrected chi connectivity index (χ0v) is 10.6. The predicted molar refractivity (Wildman–Crippen MR) is 69.0 cm³/mol. The molecule has 0 atom stereocenters. The second-order valence-corrected chi connectivity index (χ2v) is 5.30. The van der Waals surface area contributed by atoms with E-state index in [4.69, 9.17) is 5.11 Å². The molecule has 0 unspecified atom stereocenters. The maximum atomic E-state index is 11.9. The monoisotopic (exact) mass is 245 g/mol. The summed E-state index contributed by atoms with van der Waals surface area (Å²) in [5, 5.41) is 9.60. The second kappa shape index (κ2) is 3.98. The molecule has 0 aliphatic heterocycles. The number of H-pyrrole nitrogens is 1. The van der Waals surface area contributed by atoms with Crippen molar-refractivity contribution in [3.05, 3.63) is 35.5 Å². The predicted octanol–water partition coefficient (Wildman–Crippen LogP) is 2.73. The van der Waals surface area contributed by atoms with Crippen LogP contribution in [0.25, 0.3) is 10.9 Å². The molecule has 1 aromatic heterocycles. The molecule has 1 aromatic carbocycles. The highest BCUT2D eigenvalue weighted by Gasteiger charge is 2.29. The fraction of sp³-hybridized carbons (Fsp3) is 0.286. The number of carbonyl (C=O) groups excluding carboxylic acids is 1. The Hall–Kier alpha value is -2.10. The maximum absolute atomic E-state index is 11.9. The molecule has 0 aliphatic carbocycles. The van der Waals surface area contributed by atoms with Crippen LogP contribution in [0, 0.1) is 0 Å². The van der Waals surface area contributed by atoms with Gasteiger partial charge in [0.15, 0.2) is 0 Å². The summed E-state index contributed by atoms with van der Waals surface area (Å²) in [4.78, 5) is 26.0. The van der Waals surface area contributed by atoms with Gasteiger partial charge < -0.3 is 10.1 Å². The van der Waals surface area contributed by atoms with Gasteiger partial charge in [0.2, 0.25) is 0 Å². The van der Waals surface area contributed by atoms with E-state index in [-0.39, 0.29) is 11.0 Å². The van der Waals surface area contributed by atoms with Crippen LogP contribution in [-0.2, 0) is 10.2 Å². The number of nitrogens with one attached hydrogen (secondary N) is 1. The van der Waals surface area contributed by atoms with Crippen LogP contribution in [0.5, 0.6) is 0 Å². The molecule has 0 radical (unpaired) electrons. The van der Waals surface area contributed by atoms with E-state index < -0.39 is 11.8 Å². The number of hydrogen-bond acceptors (Lipinski definition) is 2. The van der Waals surface area contributed by atoms with Gasteiger partial charge in [0.05, 0.1) is 5.56 Å². The van der Waals surface area contributed by atoms with Crippen molar-refractivity contribution in [1.82, 2.24) is 4.98 Å². The Balaban J connectivity index is 2.82. The van der Waals surface area contributed by atoms with Crippen molar-refractivity contribution in [2.45, 2.75) is 26.2 Å². The lowest BCUT2D eigenvalue weighted by atomic mass is 9.87. The smallest absolute Gasteiger partial charge is 0.377 e. The van der Waals surface area contributed by atoms with Crippen LogP contribution in [0.4, 0.5) is 0 Å². The third-order valence-electron chi connectivity index (χ3n) is 2.88. The summed E-state index contributed by atoms with van der Waals surface area (Å²) in [5.41, 5.74) is 1.40. The van der Waals surface area contributed by atoms with Gasteiger partial charge in [-0.1, -0.05) is 39.0 Å². The van der Waals surface area contributed by atoms with E-state index in [0.717, 1.165) is 5.52 Å². The van der Waals surface area contributed by atoms with Gasteiger partial charge in [0.25, 0.3) is 5.78 Å². The zero-order valence-electron chi connectivity index (χ0n) is 10.6. The lowest BCUT2D eigenvalue weighted by molar-refractivity contribution is -0.131. The molecule has 0 spiro atoms. The number of aromatic nitrogens is 1. The Labute approximate surface area is 105 Å². The molecular formula is C14H15NO3. The van der Waals surface area contributed by atoms with E-state index in [1.165, 1.54) is 0 Å². The standard InChI is InChI=1S/C14H15NO3/c1-14(2,3)12-10(11(16)13(17)18)8-6-4-5-7-9(8)15-12/h4-7,15H,1-3H3,(H,17,18). The molecule has 0 bridgehead atoms. The van der Waals surface area contributed by atoms with Crippen LogP contribution in [-0.4, -0.2) is 21.8 Å². The summed E-state index contributed by atoms with van der Waals surface area (Å²) in [6, 6.07) is 7.24. The molecule has 2 rings (SSSR count). The van der Waals surface area contributed by atoms with Gasteiger partial charge in [0, 0.05) is 22.0 Å². The van der Waals surface area contributed by atoms with E-state index in [1.54, 1.807) is 12.1 Å². The summed E-state index contributed by atoms with van der Waals surface area (Å²) < 4.78 is 0. The maximum Gasteiger partial charge on any atom is 0.377 e. The van der Waals surface area contributed by atoms with E-state index in [2.05, 4.69) is 4.98 Å². The lowest BCUT2D eigenvalue weighted by Gasteiger charge is -2.18. The van der Waals surface area contributed by atoms with Gasteiger partial charge in [-0.3, -0.25) is 4.79 Å². The van der Waals surface area contributed by atoms with Gasteiger partial charge >= 0.3 is 5.97 Å². The lowest BCUT2D eigenvalue weighted by Crippen LogP contribution is -2.20. The number of Topliss-reactive ketones (excluding diaryl/α,β-unsaturated/α-hetero) is 1. The third kappa shape index (κ3) is 1.90. The average Bonchev–Trinajstić information content (AvgIpc) is 2.66. The Morgan fingerprint density at radius 2 is 1.78 bits per heavy atom. The average molecular weight is 245 g/mol. The van der Waals surface area contributed by atoms with Crippen molar-refractivity contribution in [2.75, 3.05) is 0 Å². The minimum Gasteiger partial charge on any atom is -0.475 e. The van der Waals surface area contributed by atoms with Gasteiger partial charge in [-0.25, -0.2) is 4.79 Å². The second-order valence-electron chi connectivity index (χ2n) is 5.30. The summed E-state index contributed by atoms with van der Waals surface area (Å²) in [6.07, 6.45) is 0. The summed E-state index contributed by atoms with van der Waals surface area (Å²) >= 11 is 0. The quantitative estimate of drug-likeness (QED) is 0.631. The number of hydrogen-bond donors (Lipinski definition) is 2. The number of fused-ring (bicyclic) bond motifs is 1. The minimum absolute atomic E-state index is 0.269. The number of ketones is 1. The largest absolute Gasteiger partial charge is 0.475 e. The van der Waals surface area contributed by atoms with Gasteiger partial charge in [0.1, 0.15) is 0 Å². The first-order valence-electron chi connectivity index (χ1n) is 5.71. The minimum atomic E-state index is -1.43. The molecular weight excluding hydrogens is 230 g/mol. The van der Waals surface area contributed by atoms with E-state index in [9.17, 15) is 9.59 Å². The van der Waals surface area contributed by atoms with E-state index in [0.29, 0.717) is 11.1 Å². The van der Waals surface area contributed by atoms with Crippen molar-refractivity contribution in [3.8, 4) is 0 Å². The molecule has 2 aromatic rings. The molecule has 4 heteroatoms. The number of aliphatic carboxylic acids is 1. The van der Waals surface area contributed by atoms with Crippen LogP contribution in [0.2, 0.25) is 0 Å². The Kier molecular flexibility index (Phi) is 2.73. The highest BCUT2D eigenvalue weighted by Crippen LogP contribution is 2.31. The molecule has 94 valence electrons. The summed E-state index contributed by atoms with van der Waals surface area (Å²) in [6.45, 7) is 5.82. The van der Waals surface area contributed by atoms with Crippen molar-refractivity contribution in [1.29, 1.82) is 0 Å². The number of carboxylic acids is 1. The van der Waals surface area contributed by atoms with Crippen LogP contribution < -0.4 is 0 Å². The number of carboxylic acid groups (broad SMARTS) is 1. The van der Waals surface area contributed by atoms with Crippen LogP contribution in [0.3, 0.4) is 0 Å². The van der Waals surface area contributed by atoms with Gasteiger partial charge in [-0.2, -0.15) is 0 Å². The molecule has 0 aliphatic rings. The summed E-state index contributed by atoms with van der Waals surface area (Å²) in [7, 11) is 0. The number of benzene rings is 1. The van der Waals surface area contributed by atoms with E-state index >= 15 is 0 Å². The zero-order chi connectivity index (χ0) is 13.5. The molecule has 0 amide bonds. The molecule has 18 heavy (non-hydrogen) atoms. The van der Waals surface area contributed by atoms with Crippen molar-refractivity contribution < 1.29 is 14.7 Å². The normalized spacial score (nSPS) is 11.7. The van der Waals surface area contributed by atoms with Gasteiger partial charge in [-0.05, 0) is 6.07 Å². The first-order valence-corrected chi connectivity index (χ1v) is 5.71. The van der Waals surface area contributed by atoms with Gasteiger partial charge in [-0.15, -0.1) is 0 Å². The fourth-order valence-corrected chi connectivity index (χ4v) is 2.05. The first-order chi connectivity index (χ1) is 8.32. The first kappa shape index (κ1) is 12.4. The number of aromatic amines is 1. The highest BCUT2D eigenvalue weighted by atomic mass is 16.4. The number of carbonyl (C=O) groups is 2. The number of rotatable bonds is 2. The summed E-state index contributed by atoms with van der Waals surface area (Å²) in [5.74, 6) is -2.29. The van der Waals surface area contributed by atoms with Crippen LogP contribution in [0.1, 0.15) is 36.8 Å². The van der Waals surface area contributed by atoms with E-state index in [1.807, 2.05) is 32.9 Å². The topological polar surface area (TPSA) is 70.2 Å². The molecule has 0 fully saturated rings. The molecule has 0 saturated carbocycles.